The van der Waals surface area contributed by atoms with Crippen LogP contribution in [-0.4, -0.2) is 37.2 Å². The summed E-state index contributed by atoms with van der Waals surface area (Å²) in [7, 11) is 0. The first-order chi connectivity index (χ1) is 17.9. The first-order valence-corrected chi connectivity index (χ1v) is 11.8. The van der Waals surface area contributed by atoms with Crippen LogP contribution in [0.2, 0.25) is 0 Å². The van der Waals surface area contributed by atoms with Gasteiger partial charge >= 0.3 is 0 Å². The number of benzene rings is 1. The highest BCUT2D eigenvalue weighted by atomic mass is 19.3. The Bertz CT molecular complexity index is 1550. The molecule has 2 unspecified atom stereocenters. The monoisotopic (exact) mass is 515 g/mol. The summed E-state index contributed by atoms with van der Waals surface area (Å²) < 4.78 is 67.8. The van der Waals surface area contributed by atoms with Crippen LogP contribution in [0.4, 0.5) is 17.6 Å². The van der Waals surface area contributed by atoms with E-state index in [1.54, 1.807) is 6.20 Å². The Labute approximate surface area is 207 Å². The molecule has 0 radical (unpaired) electrons. The van der Waals surface area contributed by atoms with Crippen LogP contribution in [0.1, 0.15) is 47.4 Å². The number of hydrogen-bond donors (Lipinski definition) is 0. The maximum atomic E-state index is 14.9. The summed E-state index contributed by atoms with van der Waals surface area (Å²) in [6, 6.07) is 3.16. The van der Waals surface area contributed by atoms with E-state index in [0.717, 1.165) is 12.1 Å². The number of rotatable bonds is 5. The molecule has 2 atom stereocenters. The van der Waals surface area contributed by atoms with Gasteiger partial charge in [0.25, 0.3) is 12.0 Å². The van der Waals surface area contributed by atoms with Crippen molar-refractivity contribution in [1.82, 2.24) is 24.1 Å². The summed E-state index contributed by atoms with van der Waals surface area (Å²) in [6.07, 6.45) is 2.70. The predicted molar refractivity (Wildman–Crippen MR) is 122 cm³/mol. The van der Waals surface area contributed by atoms with E-state index in [1.807, 2.05) is 0 Å². The van der Waals surface area contributed by atoms with Gasteiger partial charge in [0.1, 0.15) is 23.9 Å². The van der Waals surface area contributed by atoms with E-state index in [4.69, 9.17) is 14.5 Å². The summed E-state index contributed by atoms with van der Waals surface area (Å²) in [4.78, 5) is 22.6. The molecule has 8 nitrogen and oxygen atoms in total. The third-order valence-electron chi connectivity index (χ3n) is 6.73. The van der Waals surface area contributed by atoms with Crippen molar-refractivity contribution in [3.63, 3.8) is 0 Å². The number of aromatic nitrogens is 5. The summed E-state index contributed by atoms with van der Waals surface area (Å²) in [6.45, 7) is 0.137. The van der Waals surface area contributed by atoms with Crippen LogP contribution in [0.5, 0.6) is 0 Å². The molecule has 0 spiro atoms. The molecule has 5 heterocycles. The smallest absolute Gasteiger partial charge is 0.263 e. The highest BCUT2D eigenvalue weighted by molar-refractivity contribution is 5.74. The third kappa shape index (κ3) is 4.40. The van der Waals surface area contributed by atoms with Gasteiger partial charge < -0.3 is 9.47 Å². The zero-order valence-electron chi connectivity index (χ0n) is 19.4. The summed E-state index contributed by atoms with van der Waals surface area (Å²) >= 11 is 0. The van der Waals surface area contributed by atoms with Gasteiger partial charge in [0, 0.05) is 42.1 Å². The van der Waals surface area contributed by atoms with Crippen molar-refractivity contribution in [2.75, 3.05) is 6.61 Å². The lowest BCUT2D eigenvalue weighted by Crippen LogP contribution is -2.24. The van der Waals surface area contributed by atoms with Crippen molar-refractivity contribution in [2.24, 2.45) is 0 Å². The highest BCUT2D eigenvalue weighted by Crippen LogP contribution is 2.38. The molecule has 1 fully saturated rings. The molecule has 4 aromatic rings. The molecule has 37 heavy (non-hydrogen) atoms. The second-order valence-corrected chi connectivity index (χ2v) is 9.13. The maximum absolute atomic E-state index is 14.9. The average molecular weight is 515 g/mol. The molecule has 0 aliphatic carbocycles. The second kappa shape index (κ2) is 9.34. The largest absolute Gasteiger partial charge is 0.373 e. The predicted octanol–water partition coefficient (Wildman–Crippen LogP) is 4.16. The van der Waals surface area contributed by atoms with E-state index in [-0.39, 0.29) is 41.6 Å². The lowest BCUT2D eigenvalue weighted by Gasteiger charge is -2.29. The number of alkyl halides is 2. The Balaban J connectivity index is 1.44. The van der Waals surface area contributed by atoms with E-state index in [0.29, 0.717) is 42.0 Å². The Kier molecular flexibility index (Phi) is 6.00. The minimum Gasteiger partial charge on any atom is -0.373 e. The third-order valence-corrected chi connectivity index (χ3v) is 6.73. The van der Waals surface area contributed by atoms with Crippen LogP contribution in [0.25, 0.3) is 16.9 Å². The molecule has 1 aromatic carbocycles. The molecular weight excluding hydrogens is 494 g/mol. The number of fused-ring (bicyclic) bond motifs is 2. The minimum absolute atomic E-state index is 0.0170. The van der Waals surface area contributed by atoms with E-state index in [9.17, 15) is 22.4 Å². The van der Waals surface area contributed by atoms with E-state index in [1.165, 1.54) is 27.5 Å². The fourth-order valence-electron chi connectivity index (χ4n) is 4.90. The Morgan fingerprint density at radius 1 is 1.14 bits per heavy atom. The van der Waals surface area contributed by atoms with Gasteiger partial charge in [0.2, 0.25) is 0 Å². The van der Waals surface area contributed by atoms with Crippen LogP contribution in [0.3, 0.4) is 0 Å². The molecule has 6 rings (SSSR count). The quantitative estimate of drug-likeness (QED) is 0.371. The normalized spacial score (nSPS) is 19.6. The summed E-state index contributed by atoms with van der Waals surface area (Å²) in [5.41, 5.74) is 2.03. The molecule has 12 heteroatoms. The molecule has 0 N–H and O–H groups in total. The Morgan fingerprint density at radius 3 is 2.81 bits per heavy atom. The molecule has 2 aliphatic heterocycles. The molecule has 0 amide bonds. The first kappa shape index (κ1) is 23.7. The van der Waals surface area contributed by atoms with Crippen LogP contribution >= 0.6 is 0 Å². The molecule has 2 aliphatic rings. The van der Waals surface area contributed by atoms with Gasteiger partial charge in [-0.15, -0.1) is 0 Å². The highest BCUT2D eigenvalue weighted by Gasteiger charge is 2.30. The molecule has 192 valence electrons. The number of ether oxygens (including phenoxy) is 2. The first-order valence-electron chi connectivity index (χ1n) is 11.8. The van der Waals surface area contributed by atoms with Gasteiger partial charge in [-0.1, -0.05) is 0 Å². The molecule has 3 aromatic heterocycles. The van der Waals surface area contributed by atoms with Crippen molar-refractivity contribution in [3.05, 3.63) is 81.3 Å². The van der Waals surface area contributed by atoms with Crippen LogP contribution < -0.4 is 5.56 Å². The van der Waals surface area contributed by atoms with E-state index >= 15 is 0 Å². The van der Waals surface area contributed by atoms with Crippen molar-refractivity contribution in [3.8, 4) is 11.3 Å². The average Bonchev–Trinajstić information content (AvgIpc) is 3.54. The van der Waals surface area contributed by atoms with Crippen LogP contribution in [-0.2, 0) is 29.2 Å². The van der Waals surface area contributed by atoms with Gasteiger partial charge in [0.05, 0.1) is 42.5 Å². The van der Waals surface area contributed by atoms with Gasteiger partial charge in [-0.05, 0) is 25.0 Å². The topological polar surface area (TPSA) is 83.5 Å². The molecular formula is C25H21F4N5O3. The van der Waals surface area contributed by atoms with E-state index < -0.39 is 30.7 Å². The van der Waals surface area contributed by atoms with Crippen LogP contribution in [0, 0.1) is 11.6 Å². The van der Waals surface area contributed by atoms with Crippen molar-refractivity contribution in [2.45, 2.75) is 51.0 Å². The Morgan fingerprint density at radius 2 is 2.00 bits per heavy atom. The number of nitrogens with zero attached hydrogens (tertiary/aromatic N) is 5. The number of hydrogen-bond acceptors (Lipinski definition) is 6. The van der Waals surface area contributed by atoms with Gasteiger partial charge in [0.15, 0.2) is 5.65 Å². The molecule has 0 bridgehead atoms. The molecule has 0 saturated carbocycles. The fourth-order valence-corrected chi connectivity index (χ4v) is 4.90. The summed E-state index contributed by atoms with van der Waals surface area (Å²) in [5.74, 6) is -1.75. The molecule has 1 saturated heterocycles. The zero-order chi connectivity index (χ0) is 25.7. The van der Waals surface area contributed by atoms with Crippen molar-refractivity contribution >= 4 is 5.65 Å². The second-order valence-electron chi connectivity index (χ2n) is 9.13. The van der Waals surface area contributed by atoms with Gasteiger partial charge in [-0.25, -0.2) is 27.5 Å². The fraction of sp³-hybridized carbons (Fsp3) is 0.360. The van der Waals surface area contributed by atoms with Gasteiger partial charge in [-0.3, -0.25) is 13.9 Å². The maximum Gasteiger partial charge on any atom is 0.263 e. The standard InChI is InChI=1S/C25H21F4N5O3/c26-15-1-2-16(18(27)6-15)23-24-32-20-12-36-11-17(20)25(35)34(24)9-19(31-23)13-3-4-37-21(5-13)14-7-30-33(8-14)10-22(28)29/h1-2,6-9,13,21-22H,3-5,10-12H2. The summed E-state index contributed by atoms with van der Waals surface area (Å²) in [5, 5.41) is 3.99. The lowest BCUT2D eigenvalue weighted by atomic mass is 9.90. The Hall–Kier alpha value is -3.64. The van der Waals surface area contributed by atoms with Crippen molar-refractivity contribution < 1.29 is 27.0 Å². The van der Waals surface area contributed by atoms with Crippen molar-refractivity contribution in [1.29, 1.82) is 0 Å². The number of halogens is 4. The zero-order valence-corrected chi connectivity index (χ0v) is 19.4. The SMILES string of the molecule is O=c1c2c(nc3c(-c4ccc(F)cc4F)nc(C4CCOC(c5cnn(CC(F)F)c5)C4)cn13)COC2. The van der Waals surface area contributed by atoms with Gasteiger partial charge in [-0.2, -0.15) is 5.10 Å². The van der Waals surface area contributed by atoms with E-state index in [2.05, 4.69) is 10.1 Å². The lowest BCUT2D eigenvalue weighted by molar-refractivity contribution is 0.00447. The van der Waals surface area contributed by atoms with Crippen LogP contribution in [0.15, 0.2) is 41.6 Å². The minimum atomic E-state index is -2.53.